The number of ketones is 1. The monoisotopic (exact) mass is 418 g/mol. The SMILES string of the molecule is CCC12CCC3=C4CCC(=O)C=C4C[C@H](C)C3C1CC[C@]2(O)C(F)(F)C(F)(F)F. The Bertz CT molecular complexity index is 796. The zero-order valence-corrected chi connectivity index (χ0v) is 16.7. The maximum absolute atomic E-state index is 14.6. The van der Waals surface area contributed by atoms with Crippen molar-refractivity contribution in [2.24, 2.45) is 23.2 Å². The number of hydrogen-bond acceptors (Lipinski definition) is 2. The molecule has 1 N–H and O–H groups in total. The van der Waals surface area contributed by atoms with E-state index in [0.717, 1.165) is 16.7 Å². The van der Waals surface area contributed by atoms with Crippen molar-refractivity contribution in [1.82, 2.24) is 0 Å². The van der Waals surface area contributed by atoms with E-state index in [4.69, 9.17) is 0 Å². The molecule has 0 aromatic rings. The molecule has 162 valence electrons. The molecule has 2 nitrogen and oxygen atoms in total. The number of fused-ring (bicyclic) bond motifs is 4. The van der Waals surface area contributed by atoms with E-state index in [1.807, 2.05) is 6.92 Å². The van der Waals surface area contributed by atoms with Gasteiger partial charge in [0, 0.05) is 11.8 Å². The van der Waals surface area contributed by atoms with E-state index in [0.29, 0.717) is 25.7 Å². The second kappa shape index (κ2) is 6.38. The van der Waals surface area contributed by atoms with Gasteiger partial charge in [-0.2, -0.15) is 22.0 Å². The van der Waals surface area contributed by atoms with Crippen LogP contribution in [-0.2, 0) is 4.79 Å². The fourth-order valence-electron chi connectivity index (χ4n) is 7.19. The van der Waals surface area contributed by atoms with Crippen LogP contribution >= 0.6 is 0 Å². The van der Waals surface area contributed by atoms with Gasteiger partial charge in [0.1, 0.15) is 5.60 Å². The summed E-state index contributed by atoms with van der Waals surface area (Å²) in [7, 11) is 0. The quantitative estimate of drug-likeness (QED) is 0.579. The topological polar surface area (TPSA) is 37.3 Å². The highest BCUT2D eigenvalue weighted by Gasteiger charge is 2.79. The highest BCUT2D eigenvalue weighted by Crippen LogP contribution is 2.70. The first kappa shape index (κ1) is 21.0. The number of alkyl halides is 5. The van der Waals surface area contributed by atoms with Crippen LogP contribution in [0.1, 0.15) is 65.2 Å². The predicted molar refractivity (Wildman–Crippen MR) is 97.3 cm³/mol. The molecular formula is C22H27F5O2. The Hall–Kier alpha value is -1.24. The van der Waals surface area contributed by atoms with E-state index in [2.05, 4.69) is 0 Å². The van der Waals surface area contributed by atoms with Crippen LogP contribution in [0.15, 0.2) is 22.8 Å². The minimum absolute atomic E-state index is 0.0454. The van der Waals surface area contributed by atoms with Gasteiger partial charge in [-0.1, -0.05) is 19.4 Å². The number of halogens is 5. The molecule has 0 aliphatic heterocycles. The molecular weight excluding hydrogens is 391 g/mol. The Balaban J connectivity index is 1.81. The molecule has 7 heteroatoms. The Morgan fingerprint density at radius 1 is 1.14 bits per heavy atom. The first-order valence-electron chi connectivity index (χ1n) is 10.5. The first-order valence-corrected chi connectivity index (χ1v) is 10.5. The number of hydrogen-bond donors (Lipinski definition) is 1. The number of carbonyl (C=O) groups is 1. The Morgan fingerprint density at radius 3 is 2.45 bits per heavy atom. The standard InChI is InChI=1S/C22H27F5O2/c1-3-19-8-6-16-15-5-4-14(28)11-13(15)10-12(2)18(16)17(19)7-9-20(19,29)21(23,24)22(25,26)27/h11-12,17-18,29H,3-10H2,1-2H3/t12-,17?,18?,19?,20+/m0/s1. The lowest BCUT2D eigenvalue weighted by Gasteiger charge is -2.56. The van der Waals surface area contributed by atoms with Gasteiger partial charge >= 0.3 is 12.1 Å². The molecule has 0 heterocycles. The summed E-state index contributed by atoms with van der Waals surface area (Å²) in [5, 5.41) is 11.0. The zero-order chi connectivity index (χ0) is 21.4. The van der Waals surface area contributed by atoms with Crippen LogP contribution in [0, 0.1) is 23.2 Å². The summed E-state index contributed by atoms with van der Waals surface area (Å²) in [6.45, 7) is 3.62. The summed E-state index contributed by atoms with van der Waals surface area (Å²) < 4.78 is 69.2. The molecule has 4 aliphatic rings. The average Bonchev–Trinajstić information content (AvgIpc) is 2.95. The molecule has 0 spiro atoms. The summed E-state index contributed by atoms with van der Waals surface area (Å²) in [5.41, 5.74) is -1.27. The lowest BCUT2D eigenvalue weighted by atomic mass is 9.50. The van der Waals surface area contributed by atoms with E-state index in [1.54, 1.807) is 13.0 Å². The smallest absolute Gasteiger partial charge is 0.383 e. The Kier molecular flexibility index (Phi) is 4.62. The molecule has 0 aromatic heterocycles. The van der Waals surface area contributed by atoms with Gasteiger partial charge < -0.3 is 5.11 Å². The minimum Gasteiger partial charge on any atom is -0.383 e. The lowest BCUT2D eigenvalue weighted by molar-refractivity contribution is -0.364. The van der Waals surface area contributed by atoms with Crippen molar-refractivity contribution in [2.75, 3.05) is 0 Å². The van der Waals surface area contributed by atoms with Crippen molar-refractivity contribution in [3.63, 3.8) is 0 Å². The Morgan fingerprint density at radius 2 is 1.83 bits per heavy atom. The molecule has 29 heavy (non-hydrogen) atoms. The van der Waals surface area contributed by atoms with Crippen molar-refractivity contribution in [1.29, 1.82) is 0 Å². The fraction of sp³-hybridized carbons (Fsp3) is 0.773. The number of aliphatic hydroxyl groups is 1. The number of rotatable bonds is 2. The van der Waals surface area contributed by atoms with E-state index in [-0.39, 0.29) is 36.9 Å². The summed E-state index contributed by atoms with van der Waals surface area (Å²) in [5.74, 6) is -5.52. The minimum atomic E-state index is -5.78. The molecule has 3 unspecified atom stereocenters. The van der Waals surface area contributed by atoms with E-state index < -0.39 is 35.5 Å². The van der Waals surface area contributed by atoms with Crippen molar-refractivity contribution in [3.05, 3.63) is 22.8 Å². The van der Waals surface area contributed by atoms with Gasteiger partial charge in [-0.25, -0.2) is 0 Å². The van der Waals surface area contributed by atoms with Gasteiger partial charge in [0.2, 0.25) is 0 Å². The van der Waals surface area contributed by atoms with Crippen LogP contribution in [0.25, 0.3) is 0 Å². The van der Waals surface area contributed by atoms with Crippen molar-refractivity contribution >= 4 is 5.78 Å². The molecule has 0 bridgehead atoms. The molecule has 0 aromatic carbocycles. The lowest BCUT2D eigenvalue weighted by Crippen LogP contribution is -2.65. The van der Waals surface area contributed by atoms with Gasteiger partial charge in [-0.15, -0.1) is 0 Å². The summed E-state index contributed by atoms with van der Waals surface area (Å²) in [4.78, 5) is 11.8. The van der Waals surface area contributed by atoms with Crippen molar-refractivity contribution < 1.29 is 31.9 Å². The third-order valence-corrected chi connectivity index (χ3v) is 8.42. The van der Waals surface area contributed by atoms with Crippen LogP contribution in [0.5, 0.6) is 0 Å². The van der Waals surface area contributed by atoms with Crippen LogP contribution in [0.4, 0.5) is 22.0 Å². The number of allylic oxidation sites excluding steroid dienone is 4. The van der Waals surface area contributed by atoms with Crippen LogP contribution in [-0.4, -0.2) is 28.6 Å². The Labute approximate surface area is 167 Å². The van der Waals surface area contributed by atoms with Gasteiger partial charge in [0.25, 0.3) is 0 Å². The summed E-state index contributed by atoms with van der Waals surface area (Å²) in [6.07, 6.45) is -2.16. The first-order chi connectivity index (χ1) is 13.4. The van der Waals surface area contributed by atoms with Gasteiger partial charge in [-0.3, -0.25) is 4.79 Å². The van der Waals surface area contributed by atoms with Crippen molar-refractivity contribution in [3.8, 4) is 0 Å². The fourth-order valence-corrected chi connectivity index (χ4v) is 7.19. The molecule has 0 amide bonds. The normalized spacial score (nSPS) is 40.3. The largest absolute Gasteiger partial charge is 0.456 e. The van der Waals surface area contributed by atoms with Crippen LogP contribution in [0.2, 0.25) is 0 Å². The van der Waals surface area contributed by atoms with E-state index in [9.17, 15) is 31.9 Å². The van der Waals surface area contributed by atoms with E-state index in [1.165, 1.54) is 0 Å². The third-order valence-electron chi connectivity index (χ3n) is 8.42. The molecule has 2 saturated carbocycles. The summed E-state index contributed by atoms with van der Waals surface area (Å²) >= 11 is 0. The average molecular weight is 418 g/mol. The second-order valence-electron chi connectivity index (χ2n) is 9.43. The van der Waals surface area contributed by atoms with Gasteiger partial charge in [0.15, 0.2) is 5.78 Å². The zero-order valence-electron chi connectivity index (χ0n) is 16.7. The second-order valence-corrected chi connectivity index (χ2v) is 9.43. The molecule has 0 saturated heterocycles. The predicted octanol–water partition coefficient (Wildman–Crippen LogP) is 5.76. The maximum Gasteiger partial charge on any atom is 0.456 e. The van der Waals surface area contributed by atoms with Crippen LogP contribution < -0.4 is 0 Å². The van der Waals surface area contributed by atoms with E-state index >= 15 is 0 Å². The highest BCUT2D eigenvalue weighted by molar-refractivity contribution is 5.93. The van der Waals surface area contributed by atoms with Gasteiger partial charge in [0.05, 0.1) is 0 Å². The van der Waals surface area contributed by atoms with Crippen molar-refractivity contribution in [2.45, 2.75) is 82.9 Å². The third kappa shape index (κ3) is 2.58. The molecule has 4 rings (SSSR count). The molecule has 4 aliphatic carbocycles. The maximum atomic E-state index is 14.6. The summed E-state index contributed by atoms with van der Waals surface area (Å²) in [6, 6.07) is 0. The molecule has 0 radical (unpaired) electrons. The molecule has 5 atom stereocenters. The molecule has 2 fully saturated rings. The number of carbonyl (C=O) groups excluding carboxylic acids is 1. The van der Waals surface area contributed by atoms with Crippen LogP contribution in [0.3, 0.4) is 0 Å². The van der Waals surface area contributed by atoms with Gasteiger partial charge in [-0.05, 0) is 79.9 Å². The highest BCUT2D eigenvalue weighted by atomic mass is 19.4.